The second kappa shape index (κ2) is 9.76. The third-order valence-corrected chi connectivity index (χ3v) is 18.0. The average Bonchev–Trinajstić information content (AvgIpc) is 3.34. The third-order valence-electron chi connectivity index (χ3n) is 8.02. The molecular formula is C37H29GeN. The fraction of sp³-hybridized carbons (Fsp3) is 0.0270. The van der Waals surface area contributed by atoms with Gasteiger partial charge in [0.1, 0.15) is 0 Å². The van der Waals surface area contributed by atoms with E-state index in [1.165, 1.54) is 50.6 Å². The quantitative estimate of drug-likeness (QED) is 0.213. The van der Waals surface area contributed by atoms with Crippen molar-refractivity contribution in [2.45, 2.75) is 6.92 Å². The number of benzene rings is 6. The van der Waals surface area contributed by atoms with E-state index in [9.17, 15) is 0 Å². The van der Waals surface area contributed by atoms with Gasteiger partial charge in [-0.3, -0.25) is 0 Å². The summed E-state index contributed by atoms with van der Waals surface area (Å²) in [4.78, 5) is 0. The van der Waals surface area contributed by atoms with Crippen LogP contribution in [0.2, 0.25) is 0 Å². The van der Waals surface area contributed by atoms with Crippen molar-refractivity contribution in [3.63, 3.8) is 0 Å². The van der Waals surface area contributed by atoms with Crippen molar-refractivity contribution < 1.29 is 0 Å². The van der Waals surface area contributed by atoms with Crippen LogP contribution in [0.3, 0.4) is 0 Å². The SMILES string of the molecule is Cc1cc[c]([Ge]([c]2ccccc2)([c]2ccccc2)[c]2cccc(-n3c4ccccc4c4ccccc43)c2)cc1. The topological polar surface area (TPSA) is 4.93 Å². The molecule has 0 bridgehead atoms. The van der Waals surface area contributed by atoms with Gasteiger partial charge in [0.2, 0.25) is 0 Å². The molecule has 0 atom stereocenters. The second-order valence-electron chi connectivity index (χ2n) is 10.3. The number of aromatic nitrogens is 1. The van der Waals surface area contributed by atoms with E-state index in [0.717, 1.165) is 0 Å². The normalized spacial score (nSPS) is 11.7. The summed E-state index contributed by atoms with van der Waals surface area (Å²) in [5, 5.41) is 2.58. The van der Waals surface area contributed by atoms with Gasteiger partial charge in [-0.25, -0.2) is 0 Å². The summed E-state index contributed by atoms with van der Waals surface area (Å²) in [6, 6.07) is 58.6. The van der Waals surface area contributed by atoms with Crippen molar-refractivity contribution in [1.29, 1.82) is 0 Å². The van der Waals surface area contributed by atoms with Crippen molar-refractivity contribution in [2.24, 2.45) is 0 Å². The Kier molecular flexibility index (Phi) is 5.94. The Morgan fingerprint density at radius 1 is 0.410 bits per heavy atom. The summed E-state index contributed by atoms with van der Waals surface area (Å²) in [5.74, 6) is 0. The van der Waals surface area contributed by atoms with Crippen molar-refractivity contribution in [3.8, 4) is 5.69 Å². The fourth-order valence-electron chi connectivity index (χ4n) is 6.26. The molecule has 6 aromatic carbocycles. The summed E-state index contributed by atoms with van der Waals surface area (Å²) >= 11 is -3.36. The van der Waals surface area contributed by atoms with Crippen LogP contribution in [0.15, 0.2) is 158 Å². The Hall–Kier alpha value is -4.34. The molecule has 0 amide bonds. The monoisotopic (exact) mass is 561 g/mol. The zero-order chi connectivity index (χ0) is 26.2. The molecule has 186 valence electrons. The van der Waals surface area contributed by atoms with Gasteiger partial charge >= 0.3 is 233 Å². The molecule has 39 heavy (non-hydrogen) atoms. The third kappa shape index (κ3) is 3.85. The molecule has 0 aliphatic carbocycles. The van der Waals surface area contributed by atoms with Crippen LogP contribution in [0.25, 0.3) is 27.5 Å². The van der Waals surface area contributed by atoms with Crippen molar-refractivity contribution in [3.05, 3.63) is 163 Å². The van der Waals surface area contributed by atoms with Gasteiger partial charge in [-0.15, -0.1) is 0 Å². The first-order chi connectivity index (χ1) is 19.3. The van der Waals surface area contributed by atoms with Gasteiger partial charge in [0, 0.05) is 0 Å². The van der Waals surface area contributed by atoms with Gasteiger partial charge in [0.15, 0.2) is 0 Å². The predicted molar refractivity (Wildman–Crippen MR) is 169 cm³/mol. The van der Waals surface area contributed by atoms with Crippen LogP contribution in [0, 0.1) is 6.92 Å². The summed E-state index contributed by atoms with van der Waals surface area (Å²) in [7, 11) is 0. The molecule has 0 aliphatic heterocycles. The summed E-state index contributed by atoms with van der Waals surface area (Å²) in [6.07, 6.45) is 0. The molecule has 2 heteroatoms. The molecule has 1 aromatic heterocycles. The fourth-order valence-corrected chi connectivity index (χ4v) is 16.3. The molecule has 0 saturated heterocycles. The molecule has 0 spiro atoms. The van der Waals surface area contributed by atoms with Crippen LogP contribution in [0.1, 0.15) is 5.56 Å². The summed E-state index contributed by atoms with van der Waals surface area (Å²) in [5.41, 5.74) is 4.97. The van der Waals surface area contributed by atoms with Crippen molar-refractivity contribution in [1.82, 2.24) is 4.57 Å². The molecule has 0 radical (unpaired) electrons. The van der Waals surface area contributed by atoms with Gasteiger partial charge in [-0.2, -0.15) is 0 Å². The minimum atomic E-state index is -3.36. The van der Waals surface area contributed by atoms with Crippen LogP contribution in [0.4, 0.5) is 0 Å². The van der Waals surface area contributed by atoms with E-state index in [0.29, 0.717) is 0 Å². The molecule has 1 heterocycles. The summed E-state index contributed by atoms with van der Waals surface area (Å²) in [6.45, 7) is 2.17. The molecule has 0 aliphatic rings. The van der Waals surface area contributed by atoms with Gasteiger partial charge in [-0.1, -0.05) is 0 Å². The van der Waals surface area contributed by atoms with Gasteiger partial charge in [0.25, 0.3) is 0 Å². The Morgan fingerprint density at radius 3 is 1.44 bits per heavy atom. The zero-order valence-corrected chi connectivity index (χ0v) is 24.1. The van der Waals surface area contributed by atoms with E-state index in [1.54, 1.807) is 0 Å². The van der Waals surface area contributed by atoms with E-state index in [4.69, 9.17) is 0 Å². The van der Waals surface area contributed by atoms with Crippen LogP contribution in [-0.2, 0) is 0 Å². The Labute approximate surface area is 232 Å². The standard InChI is InChI=1S/C37H29GeN/c1-28-23-25-31(26-24-28)38(29-13-4-2-5-14-29,30-15-6-3-7-16-30)32-17-12-18-33(27-32)39-36-21-10-8-19-34(36)35-20-9-11-22-37(35)39/h2-27H,1H3. The van der Waals surface area contributed by atoms with Crippen LogP contribution in [0.5, 0.6) is 0 Å². The molecule has 7 rings (SSSR count). The number of rotatable bonds is 5. The average molecular weight is 560 g/mol. The first-order valence-corrected chi connectivity index (χ1v) is 17.7. The molecule has 0 fully saturated rings. The van der Waals surface area contributed by atoms with E-state index in [-0.39, 0.29) is 0 Å². The Bertz CT molecular complexity index is 1810. The number of hydrogen-bond acceptors (Lipinski definition) is 0. The molecule has 0 unspecified atom stereocenters. The first kappa shape index (κ1) is 23.8. The minimum absolute atomic E-state index is 1.21. The molecular weight excluding hydrogens is 531 g/mol. The van der Waals surface area contributed by atoms with E-state index >= 15 is 0 Å². The van der Waals surface area contributed by atoms with Crippen LogP contribution < -0.4 is 17.6 Å². The van der Waals surface area contributed by atoms with E-state index in [1.807, 2.05) is 0 Å². The van der Waals surface area contributed by atoms with E-state index in [2.05, 4.69) is 169 Å². The van der Waals surface area contributed by atoms with Crippen LogP contribution >= 0.6 is 0 Å². The number of fused-ring (bicyclic) bond motifs is 3. The molecule has 7 aromatic rings. The molecule has 0 N–H and O–H groups in total. The van der Waals surface area contributed by atoms with Crippen molar-refractivity contribution in [2.75, 3.05) is 0 Å². The Morgan fingerprint density at radius 2 is 0.872 bits per heavy atom. The number of aryl methyl sites for hydroxylation is 1. The van der Waals surface area contributed by atoms with E-state index < -0.39 is 13.3 Å². The molecule has 1 nitrogen and oxygen atoms in total. The first-order valence-electron chi connectivity index (χ1n) is 13.5. The molecule has 0 saturated carbocycles. The maximum absolute atomic E-state index is 3.36. The van der Waals surface area contributed by atoms with Crippen molar-refractivity contribution >= 4 is 52.7 Å². The second-order valence-corrected chi connectivity index (χ2v) is 18.3. The number of hydrogen-bond donors (Lipinski definition) is 0. The number of nitrogens with zero attached hydrogens (tertiary/aromatic N) is 1. The predicted octanol–water partition coefficient (Wildman–Crippen LogP) is 6.47. The number of para-hydroxylation sites is 2. The van der Waals surface area contributed by atoms with Gasteiger partial charge in [-0.05, 0) is 0 Å². The Balaban J connectivity index is 1.57. The van der Waals surface area contributed by atoms with Crippen LogP contribution in [-0.4, -0.2) is 17.8 Å². The zero-order valence-electron chi connectivity index (χ0n) is 22.0. The summed E-state index contributed by atoms with van der Waals surface area (Å²) < 4.78 is 8.18. The van der Waals surface area contributed by atoms with Gasteiger partial charge < -0.3 is 0 Å². The maximum atomic E-state index is 2.47. The van der Waals surface area contributed by atoms with Gasteiger partial charge in [0.05, 0.1) is 0 Å².